The molecule has 0 saturated carbocycles. The Morgan fingerprint density at radius 1 is 0.103 bits per heavy atom. The van der Waals surface area contributed by atoms with Gasteiger partial charge in [-0.05, 0) is 55.3 Å². The van der Waals surface area contributed by atoms with Crippen LogP contribution in [0.3, 0.4) is 0 Å². The summed E-state index contributed by atoms with van der Waals surface area (Å²) in [5.74, 6) is 0. The van der Waals surface area contributed by atoms with Gasteiger partial charge in [0.05, 0.1) is 0 Å². The predicted molar refractivity (Wildman–Crippen MR) is 365 cm³/mol. The van der Waals surface area contributed by atoms with Crippen LogP contribution in [-0.2, 0) is 0 Å². The highest BCUT2D eigenvalue weighted by molar-refractivity contribution is 5.82. The molecule has 10 rings (SSSR count). The predicted octanol–water partition coefficient (Wildman–Crippen LogP) is 26.5. The Bertz CT molecular complexity index is 2020. The Labute approximate surface area is 482 Å². The Hall–Kier alpha value is -7.54. The highest BCUT2D eigenvalue weighted by Crippen LogP contribution is 2.20. The van der Waals surface area contributed by atoms with Crippen LogP contribution in [-0.4, -0.2) is 0 Å². The second-order valence-corrected chi connectivity index (χ2v) is 13.3. The first kappa shape index (κ1) is 79.3. The van der Waals surface area contributed by atoms with Gasteiger partial charge in [-0.3, -0.25) is 0 Å². The van der Waals surface area contributed by atoms with Gasteiger partial charge in [0, 0.05) is 0 Å². The number of rotatable bonds is 4. The molecule has 0 fully saturated rings. The van der Waals surface area contributed by atoms with Gasteiger partial charge < -0.3 is 0 Å². The summed E-state index contributed by atoms with van der Waals surface area (Å²) in [6, 6.07) is 99.8. The minimum atomic E-state index is 1.28. The van der Waals surface area contributed by atoms with Crippen LogP contribution in [0.5, 0.6) is 0 Å². The van der Waals surface area contributed by atoms with Crippen LogP contribution in [0.2, 0.25) is 0 Å². The lowest BCUT2D eigenvalue weighted by atomic mass is 10.1. The molecule has 420 valence electrons. The zero-order valence-corrected chi connectivity index (χ0v) is 52.7. The van der Waals surface area contributed by atoms with Crippen molar-refractivity contribution in [2.45, 2.75) is 138 Å². The average molecular weight is 1050 g/mol. The molecule has 0 unspecified atom stereocenters. The fraction of sp³-hybridized carbons (Fsp3) is 0.256. The summed E-state index contributed by atoms with van der Waals surface area (Å²) in [5, 5.41) is 2.62. The minimum Gasteiger partial charge on any atom is -0.0683 e. The largest absolute Gasteiger partial charge is 0.0683 e. The van der Waals surface area contributed by atoms with Gasteiger partial charge in [0.1, 0.15) is 0 Å². The van der Waals surface area contributed by atoms with E-state index < -0.39 is 0 Å². The molecule has 10 aromatic carbocycles. The fourth-order valence-corrected chi connectivity index (χ4v) is 6.18. The Morgan fingerprint density at radius 3 is 0.269 bits per heavy atom. The standard InChI is InChI=1S/4C12H10.C10H8.10C2H6/c4*1-3-7-11(8-4-1)12-9-5-2-6-10-12;1-2-6-10-8-4-3-7-9(10)5-1;10*1-2/h4*1-10H;1-8H;10*1-2H3. The molecule has 0 aliphatic rings. The maximum absolute atomic E-state index is 2.12. The topological polar surface area (TPSA) is 0 Å². The molecule has 0 bridgehead atoms. The molecule has 0 aliphatic heterocycles. The summed E-state index contributed by atoms with van der Waals surface area (Å²) in [4.78, 5) is 0. The van der Waals surface area contributed by atoms with Gasteiger partial charge in [0.2, 0.25) is 0 Å². The summed E-state index contributed by atoms with van der Waals surface area (Å²) < 4.78 is 0. The third-order valence-corrected chi connectivity index (χ3v) is 9.18. The number of hydrogen-bond acceptors (Lipinski definition) is 0. The molecule has 0 heteroatoms. The lowest BCUT2D eigenvalue weighted by Gasteiger charge is -1.98. The van der Waals surface area contributed by atoms with Gasteiger partial charge in [-0.25, -0.2) is 0 Å². The van der Waals surface area contributed by atoms with E-state index in [1.54, 1.807) is 0 Å². The summed E-state index contributed by atoms with van der Waals surface area (Å²) in [6.45, 7) is 40.0. The summed E-state index contributed by atoms with van der Waals surface area (Å²) >= 11 is 0. The van der Waals surface area contributed by atoms with E-state index in [9.17, 15) is 0 Å². The van der Waals surface area contributed by atoms with E-state index in [-0.39, 0.29) is 0 Å². The number of benzene rings is 10. The quantitative estimate of drug-likeness (QED) is 0.165. The minimum absolute atomic E-state index is 1.28. The van der Waals surface area contributed by atoms with Crippen LogP contribution in [0.15, 0.2) is 291 Å². The fourth-order valence-electron chi connectivity index (χ4n) is 6.18. The van der Waals surface area contributed by atoms with E-state index in [1.807, 2.05) is 187 Å². The zero-order valence-electron chi connectivity index (χ0n) is 52.7. The van der Waals surface area contributed by atoms with Crippen molar-refractivity contribution in [3.05, 3.63) is 291 Å². The normalized spacial score (nSPS) is 8.00. The van der Waals surface area contributed by atoms with E-state index in [1.165, 1.54) is 55.3 Å². The molecule has 0 N–H and O–H groups in total. The van der Waals surface area contributed by atoms with Crippen molar-refractivity contribution in [2.75, 3.05) is 0 Å². The second kappa shape index (κ2) is 65.6. The van der Waals surface area contributed by atoms with E-state index in [4.69, 9.17) is 0 Å². The molecule has 0 aliphatic carbocycles. The lowest BCUT2D eigenvalue weighted by Crippen LogP contribution is -1.73. The first-order chi connectivity index (χ1) is 38.8. The molecule has 78 heavy (non-hydrogen) atoms. The van der Waals surface area contributed by atoms with Crippen molar-refractivity contribution in [3.63, 3.8) is 0 Å². The first-order valence-corrected chi connectivity index (χ1v) is 29.7. The van der Waals surface area contributed by atoms with Crippen LogP contribution in [0, 0.1) is 0 Å². The molecule has 0 saturated heterocycles. The monoisotopic (exact) mass is 1040 g/mol. The van der Waals surface area contributed by atoms with Crippen molar-refractivity contribution in [3.8, 4) is 44.5 Å². The van der Waals surface area contributed by atoms with Gasteiger partial charge in [0.15, 0.2) is 0 Å². The van der Waals surface area contributed by atoms with E-state index in [2.05, 4.69) is 243 Å². The highest BCUT2D eigenvalue weighted by atomic mass is 14.0. The van der Waals surface area contributed by atoms with Crippen molar-refractivity contribution in [1.82, 2.24) is 0 Å². The molecule has 0 amide bonds. The Kier molecular flexibility index (Phi) is 66.7. The van der Waals surface area contributed by atoms with Crippen molar-refractivity contribution in [2.24, 2.45) is 0 Å². The summed E-state index contributed by atoms with van der Waals surface area (Å²) in [6.07, 6.45) is 0. The van der Waals surface area contributed by atoms with Gasteiger partial charge >= 0.3 is 0 Å². The zero-order chi connectivity index (χ0) is 59.7. The molecule has 0 heterocycles. The van der Waals surface area contributed by atoms with Crippen LogP contribution in [0.1, 0.15) is 138 Å². The van der Waals surface area contributed by atoms with E-state index in [0.717, 1.165) is 0 Å². The third kappa shape index (κ3) is 38.1. The Balaban J connectivity index is -0.000000263. The number of hydrogen-bond donors (Lipinski definition) is 0. The maximum atomic E-state index is 2.12. The maximum Gasteiger partial charge on any atom is -0.0184 e. The van der Waals surface area contributed by atoms with Crippen LogP contribution >= 0.6 is 0 Å². The van der Waals surface area contributed by atoms with Crippen molar-refractivity contribution >= 4 is 10.8 Å². The Morgan fingerprint density at radius 2 is 0.179 bits per heavy atom. The molecule has 0 atom stereocenters. The first-order valence-electron chi connectivity index (χ1n) is 29.7. The van der Waals surface area contributed by atoms with Gasteiger partial charge in [-0.2, -0.15) is 0 Å². The molecule has 0 radical (unpaired) electrons. The average Bonchev–Trinajstić information content (AvgIpc) is 3.60. The van der Waals surface area contributed by atoms with Crippen molar-refractivity contribution < 1.29 is 0 Å². The van der Waals surface area contributed by atoms with E-state index >= 15 is 0 Å². The van der Waals surface area contributed by atoms with Crippen LogP contribution in [0.25, 0.3) is 55.3 Å². The van der Waals surface area contributed by atoms with Crippen LogP contribution < -0.4 is 0 Å². The molecular formula is C78H108. The highest BCUT2D eigenvalue weighted by Gasteiger charge is 1.95. The third-order valence-electron chi connectivity index (χ3n) is 9.18. The second-order valence-electron chi connectivity index (χ2n) is 13.3. The molecule has 0 nitrogen and oxygen atoms in total. The summed E-state index contributed by atoms with van der Waals surface area (Å²) in [7, 11) is 0. The smallest absolute Gasteiger partial charge is 0.0184 e. The molecule has 0 aromatic heterocycles. The molecule has 0 spiro atoms. The van der Waals surface area contributed by atoms with Gasteiger partial charge in [0.25, 0.3) is 0 Å². The van der Waals surface area contributed by atoms with Gasteiger partial charge in [-0.15, -0.1) is 0 Å². The molecule has 10 aromatic rings. The SMILES string of the molecule is CC.CC.CC.CC.CC.CC.CC.CC.CC.CC.c1ccc(-c2ccccc2)cc1.c1ccc(-c2ccccc2)cc1.c1ccc(-c2ccccc2)cc1.c1ccc(-c2ccccc2)cc1.c1ccc2ccccc2c1. The van der Waals surface area contributed by atoms with E-state index in [0.29, 0.717) is 0 Å². The lowest BCUT2D eigenvalue weighted by molar-refractivity contribution is 1.50. The number of fused-ring (bicyclic) bond motifs is 1. The van der Waals surface area contributed by atoms with Crippen molar-refractivity contribution in [1.29, 1.82) is 0 Å². The molecular weight excluding hydrogens is 937 g/mol. The van der Waals surface area contributed by atoms with Gasteiger partial charge in [-0.1, -0.05) is 430 Å². The van der Waals surface area contributed by atoms with Crippen LogP contribution in [0.4, 0.5) is 0 Å². The summed E-state index contributed by atoms with van der Waals surface area (Å²) in [5.41, 5.74) is 10.2.